The topological polar surface area (TPSA) is 55.6 Å². The molecule has 1 aliphatic heterocycles. The van der Waals surface area contributed by atoms with Gasteiger partial charge in [0.1, 0.15) is 11.5 Å². The maximum atomic E-state index is 13.2. The van der Waals surface area contributed by atoms with Gasteiger partial charge in [0.25, 0.3) is 5.91 Å². The first-order valence-corrected chi connectivity index (χ1v) is 8.72. The molecule has 1 saturated heterocycles. The van der Waals surface area contributed by atoms with Crippen molar-refractivity contribution in [1.82, 2.24) is 4.90 Å². The zero-order valence-electron chi connectivity index (χ0n) is 14.6. The number of benzene rings is 2. The fraction of sp³-hybridized carbons (Fsp3) is 0.350. The molecule has 1 fully saturated rings. The van der Waals surface area contributed by atoms with Crippen molar-refractivity contribution in [3.63, 3.8) is 0 Å². The summed E-state index contributed by atoms with van der Waals surface area (Å²) in [6, 6.07) is 10.0. The molecule has 2 aromatic rings. The number of hydrogen-bond donors (Lipinski definition) is 1. The number of carbonyl (C=O) groups is 1. The zero-order valence-corrected chi connectivity index (χ0v) is 14.6. The highest BCUT2D eigenvalue weighted by Crippen LogP contribution is 2.25. The van der Waals surface area contributed by atoms with E-state index in [1.165, 1.54) is 6.07 Å². The van der Waals surface area contributed by atoms with Gasteiger partial charge in [-0.25, -0.2) is 8.78 Å². The Morgan fingerprint density at radius 2 is 1.85 bits per heavy atom. The summed E-state index contributed by atoms with van der Waals surface area (Å²) in [4.78, 5) is 14.5. The third-order valence-corrected chi connectivity index (χ3v) is 4.72. The Balaban J connectivity index is 1.66. The average Bonchev–Trinajstić information content (AvgIpc) is 2.65. The van der Waals surface area contributed by atoms with Crippen molar-refractivity contribution < 1.29 is 18.3 Å². The van der Waals surface area contributed by atoms with Gasteiger partial charge >= 0.3 is 0 Å². The molecule has 0 bridgehead atoms. The number of nitrogens with two attached hydrogens (primary N) is 1. The third-order valence-electron chi connectivity index (χ3n) is 4.72. The number of hydrogen-bond acceptors (Lipinski definition) is 3. The minimum Gasteiger partial charge on any atom is -0.457 e. The lowest BCUT2D eigenvalue weighted by Crippen LogP contribution is -2.45. The molecule has 0 aromatic heterocycles. The molecule has 2 unspecified atom stereocenters. The molecular weight excluding hydrogens is 338 g/mol. The van der Waals surface area contributed by atoms with E-state index in [1.54, 1.807) is 24.3 Å². The highest BCUT2D eigenvalue weighted by atomic mass is 19.2. The van der Waals surface area contributed by atoms with E-state index in [2.05, 4.69) is 0 Å². The predicted molar refractivity (Wildman–Crippen MR) is 95.2 cm³/mol. The molecule has 138 valence electrons. The number of nitrogens with zero attached hydrogens (tertiary/aromatic N) is 1. The summed E-state index contributed by atoms with van der Waals surface area (Å²) in [5, 5.41) is 0. The summed E-state index contributed by atoms with van der Waals surface area (Å²) in [5.41, 5.74) is 6.54. The van der Waals surface area contributed by atoms with Crippen molar-refractivity contribution >= 4 is 5.91 Å². The average molecular weight is 360 g/mol. The van der Waals surface area contributed by atoms with Gasteiger partial charge in [0.05, 0.1) is 0 Å². The van der Waals surface area contributed by atoms with Crippen LogP contribution in [0.5, 0.6) is 11.5 Å². The lowest BCUT2D eigenvalue weighted by atomic mass is 9.92. The van der Waals surface area contributed by atoms with E-state index >= 15 is 0 Å². The molecule has 2 N–H and O–H groups in total. The van der Waals surface area contributed by atoms with Crippen molar-refractivity contribution in [3.05, 3.63) is 59.7 Å². The molecule has 1 aliphatic rings. The molecule has 6 heteroatoms. The molecule has 3 rings (SSSR count). The molecule has 0 spiro atoms. The second kappa shape index (κ2) is 7.83. The number of halogens is 2. The lowest BCUT2D eigenvalue weighted by molar-refractivity contribution is 0.0661. The van der Waals surface area contributed by atoms with Crippen LogP contribution in [0.2, 0.25) is 0 Å². The fourth-order valence-corrected chi connectivity index (χ4v) is 3.15. The van der Waals surface area contributed by atoms with Crippen molar-refractivity contribution in [1.29, 1.82) is 0 Å². The SMILES string of the molecule is CC(N)C1CCCN(C(=O)c2ccc(Oc3ccc(F)c(F)c3)cc2)C1. The van der Waals surface area contributed by atoms with Crippen LogP contribution in [0.4, 0.5) is 8.78 Å². The van der Waals surface area contributed by atoms with Gasteiger partial charge in [-0.05, 0) is 62.1 Å². The summed E-state index contributed by atoms with van der Waals surface area (Å²) < 4.78 is 31.7. The highest BCUT2D eigenvalue weighted by molar-refractivity contribution is 5.94. The number of likely N-dealkylation sites (tertiary alicyclic amines) is 1. The van der Waals surface area contributed by atoms with Crippen molar-refractivity contribution in [2.24, 2.45) is 11.7 Å². The fourth-order valence-electron chi connectivity index (χ4n) is 3.15. The van der Waals surface area contributed by atoms with Crippen LogP contribution in [0.3, 0.4) is 0 Å². The largest absolute Gasteiger partial charge is 0.457 e. The van der Waals surface area contributed by atoms with Gasteiger partial charge in [-0.1, -0.05) is 0 Å². The Bertz CT molecular complexity index is 778. The molecule has 0 saturated carbocycles. The monoisotopic (exact) mass is 360 g/mol. The normalized spacial score (nSPS) is 18.5. The molecule has 1 amide bonds. The summed E-state index contributed by atoms with van der Waals surface area (Å²) in [5.74, 6) is -0.968. The van der Waals surface area contributed by atoms with Crippen molar-refractivity contribution in [3.8, 4) is 11.5 Å². The van der Waals surface area contributed by atoms with Crippen LogP contribution in [0, 0.1) is 17.6 Å². The van der Waals surface area contributed by atoms with Gasteiger partial charge in [0.2, 0.25) is 0 Å². The Morgan fingerprint density at radius 3 is 2.50 bits per heavy atom. The number of rotatable bonds is 4. The molecule has 2 aromatic carbocycles. The van der Waals surface area contributed by atoms with Crippen LogP contribution in [-0.4, -0.2) is 29.9 Å². The second-order valence-corrected chi connectivity index (χ2v) is 6.71. The Kier molecular flexibility index (Phi) is 5.52. The molecule has 0 radical (unpaired) electrons. The highest BCUT2D eigenvalue weighted by Gasteiger charge is 2.26. The lowest BCUT2D eigenvalue weighted by Gasteiger charge is -2.34. The zero-order chi connectivity index (χ0) is 18.7. The standard InChI is InChI=1S/C20H22F2N2O2/c1-13(23)15-3-2-10-24(12-15)20(25)14-4-6-16(7-5-14)26-17-8-9-18(21)19(22)11-17/h4-9,11,13,15H,2-3,10,12,23H2,1H3. The van der Waals surface area contributed by atoms with Gasteiger partial charge in [0.15, 0.2) is 11.6 Å². The van der Waals surface area contributed by atoms with Crippen LogP contribution in [-0.2, 0) is 0 Å². The minimum absolute atomic E-state index is 0.0327. The Labute approximate surface area is 151 Å². The van der Waals surface area contributed by atoms with Gasteiger partial charge in [-0.15, -0.1) is 0 Å². The number of ether oxygens (including phenoxy) is 1. The summed E-state index contributed by atoms with van der Waals surface area (Å²) in [6.45, 7) is 3.38. The molecule has 0 aliphatic carbocycles. The van der Waals surface area contributed by atoms with Gasteiger partial charge in [0, 0.05) is 30.8 Å². The minimum atomic E-state index is -0.969. The van der Waals surface area contributed by atoms with Gasteiger partial charge in [-0.3, -0.25) is 4.79 Å². The smallest absolute Gasteiger partial charge is 0.253 e. The van der Waals surface area contributed by atoms with Crippen LogP contribution in [0.25, 0.3) is 0 Å². The van der Waals surface area contributed by atoms with Crippen LogP contribution >= 0.6 is 0 Å². The van der Waals surface area contributed by atoms with E-state index in [9.17, 15) is 13.6 Å². The first-order valence-electron chi connectivity index (χ1n) is 8.72. The summed E-state index contributed by atoms with van der Waals surface area (Å²) in [6.07, 6.45) is 2.00. The molecule has 2 atom stereocenters. The van der Waals surface area contributed by atoms with Crippen LogP contribution in [0.1, 0.15) is 30.1 Å². The van der Waals surface area contributed by atoms with Crippen molar-refractivity contribution in [2.75, 3.05) is 13.1 Å². The maximum absolute atomic E-state index is 13.2. The Morgan fingerprint density at radius 1 is 1.15 bits per heavy atom. The third kappa shape index (κ3) is 4.19. The number of piperidine rings is 1. The van der Waals surface area contributed by atoms with E-state index in [0.717, 1.165) is 31.5 Å². The molecule has 4 nitrogen and oxygen atoms in total. The van der Waals surface area contributed by atoms with Gasteiger partial charge in [-0.2, -0.15) is 0 Å². The van der Waals surface area contributed by atoms with E-state index in [4.69, 9.17) is 10.5 Å². The van der Waals surface area contributed by atoms with E-state index in [1.807, 2.05) is 11.8 Å². The van der Waals surface area contributed by atoms with Gasteiger partial charge < -0.3 is 15.4 Å². The van der Waals surface area contributed by atoms with E-state index in [0.29, 0.717) is 23.8 Å². The second-order valence-electron chi connectivity index (χ2n) is 6.71. The van der Waals surface area contributed by atoms with Crippen LogP contribution < -0.4 is 10.5 Å². The number of amides is 1. The summed E-state index contributed by atoms with van der Waals surface area (Å²) in [7, 11) is 0. The first-order chi connectivity index (χ1) is 12.4. The molecule has 26 heavy (non-hydrogen) atoms. The summed E-state index contributed by atoms with van der Waals surface area (Å²) >= 11 is 0. The molecular formula is C20H22F2N2O2. The predicted octanol–water partition coefficient (Wildman–Crippen LogP) is 3.96. The van der Waals surface area contributed by atoms with Crippen molar-refractivity contribution in [2.45, 2.75) is 25.8 Å². The number of carbonyl (C=O) groups excluding carboxylic acids is 1. The quantitative estimate of drug-likeness (QED) is 0.898. The van der Waals surface area contributed by atoms with Crippen LogP contribution in [0.15, 0.2) is 42.5 Å². The Hall–Kier alpha value is -2.47. The van der Waals surface area contributed by atoms with E-state index < -0.39 is 11.6 Å². The van der Waals surface area contributed by atoms with E-state index in [-0.39, 0.29) is 17.7 Å². The maximum Gasteiger partial charge on any atom is 0.253 e. The first kappa shape index (κ1) is 18.3. The molecule has 1 heterocycles.